The largest absolute Gasteiger partial charge is 0.325 e. The molecule has 6 nitrogen and oxygen atoms in total. The summed E-state index contributed by atoms with van der Waals surface area (Å²) < 4.78 is 1.75. The number of hydrogen-bond donors (Lipinski definition) is 1. The zero-order valence-corrected chi connectivity index (χ0v) is 22.9. The van der Waals surface area contributed by atoms with Gasteiger partial charge in [-0.15, -0.1) is 0 Å². The standard InChI is InChI=1S/C32H36N4O2/c1-6-24-14-16-26(17-15-24)31(38)35(21-25-10-8-7-9-11-25)22-30(37)33-29-20-28(32(3,4)5)34-36(29)27-18-12-23(2)13-19-27/h7-20H,6,21-22H2,1-5H3,(H,33,37). The minimum absolute atomic E-state index is 0.0901. The zero-order chi connectivity index (χ0) is 27.3. The number of aryl methyl sites for hydroxylation is 2. The molecule has 4 aromatic rings. The van der Waals surface area contributed by atoms with Crippen LogP contribution in [0.1, 0.15) is 60.4 Å². The summed E-state index contributed by atoms with van der Waals surface area (Å²) in [5, 5.41) is 7.83. The first-order valence-electron chi connectivity index (χ1n) is 13.0. The van der Waals surface area contributed by atoms with Crippen LogP contribution in [-0.2, 0) is 23.2 Å². The van der Waals surface area contributed by atoms with Crippen LogP contribution in [-0.4, -0.2) is 33.0 Å². The van der Waals surface area contributed by atoms with Crippen molar-refractivity contribution in [2.24, 2.45) is 0 Å². The van der Waals surface area contributed by atoms with Gasteiger partial charge in [-0.3, -0.25) is 9.59 Å². The Morgan fingerprint density at radius 1 is 0.895 bits per heavy atom. The minimum Gasteiger partial charge on any atom is -0.325 e. The van der Waals surface area contributed by atoms with E-state index in [4.69, 9.17) is 5.10 Å². The highest BCUT2D eigenvalue weighted by molar-refractivity contribution is 5.99. The summed E-state index contributed by atoms with van der Waals surface area (Å²) in [4.78, 5) is 28.5. The molecular formula is C32H36N4O2. The van der Waals surface area contributed by atoms with E-state index in [1.54, 1.807) is 9.58 Å². The van der Waals surface area contributed by atoms with Crippen LogP contribution in [0.5, 0.6) is 0 Å². The number of benzene rings is 3. The summed E-state index contributed by atoms with van der Waals surface area (Å²) in [6.45, 7) is 10.6. The van der Waals surface area contributed by atoms with E-state index in [9.17, 15) is 9.59 Å². The van der Waals surface area contributed by atoms with Gasteiger partial charge in [0.05, 0.1) is 11.4 Å². The topological polar surface area (TPSA) is 67.2 Å². The second-order valence-corrected chi connectivity index (χ2v) is 10.7. The molecule has 0 spiro atoms. The molecule has 0 atom stereocenters. The van der Waals surface area contributed by atoms with E-state index in [1.165, 1.54) is 0 Å². The van der Waals surface area contributed by atoms with Gasteiger partial charge in [-0.1, -0.05) is 87.9 Å². The lowest BCUT2D eigenvalue weighted by Gasteiger charge is -2.23. The first-order chi connectivity index (χ1) is 18.1. The summed E-state index contributed by atoms with van der Waals surface area (Å²) in [6.07, 6.45) is 0.899. The van der Waals surface area contributed by atoms with E-state index in [2.05, 4.69) is 33.0 Å². The average molecular weight is 509 g/mol. The Morgan fingerprint density at radius 2 is 1.55 bits per heavy atom. The van der Waals surface area contributed by atoms with Crippen LogP contribution >= 0.6 is 0 Å². The van der Waals surface area contributed by atoms with Gasteiger partial charge in [0, 0.05) is 23.6 Å². The van der Waals surface area contributed by atoms with E-state index in [0.29, 0.717) is 17.9 Å². The number of carbonyl (C=O) groups excluding carboxylic acids is 2. The molecule has 0 unspecified atom stereocenters. The van der Waals surface area contributed by atoms with Crippen molar-refractivity contribution in [2.75, 3.05) is 11.9 Å². The van der Waals surface area contributed by atoms with Gasteiger partial charge in [0.1, 0.15) is 12.4 Å². The fourth-order valence-electron chi connectivity index (χ4n) is 4.14. The molecular weight excluding hydrogens is 472 g/mol. The van der Waals surface area contributed by atoms with E-state index in [1.807, 2.05) is 91.9 Å². The van der Waals surface area contributed by atoms with Crippen LogP contribution in [0.15, 0.2) is 84.9 Å². The molecule has 0 saturated heterocycles. The molecule has 6 heteroatoms. The lowest BCUT2D eigenvalue weighted by Crippen LogP contribution is -2.37. The molecule has 1 heterocycles. The molecule has 0 radical (unpaired) electrons. The van der Waals surface area contributed by atoms with Crippen LogP contribution in [0.2, 0.25) is 0 Å². The third-order valence-electron chi connectivity index (χ3n) is 6.47. The summed E-state index contributed by atoms with van der Waals surface area (Å²) in [7, 11) is 0. The van der Waals surface area contributed by atoms with Crippen LogP contribution in [0, 0.1) is 6.92 Å². The fraction of sp³-hybridized carbons (Fsp3) is 0.281. The molecule has 0 aliphatic carbocycles. The van der Waals surface area contributed by atoms with Crippen LogP contribution in [0.3, 0.4) is 0 Å². The van der Waals surface area contributed by atoms with Gasteiger partial charge in [0.25, 0.3) is 5.91 Å². The highest BCUT2D eigenvalue weighted by Crippen LogP contribution is 2.26. The highest BCUT2D eigenvalue weighted by atomic mass is 16.2. The predicted molar refractivity (Wildman–Crippen MR) is 153 cm³/mol. The summed E-state index contributed by atoms with van der Waals surface area (Å²) in [5.74, 6) is 0.102. The van der Waals surface area contributed by atoms with Crippen molar-refractivity contribution in [3.05, 3.63) is 113 Å². The van der Waals surface area contributed by atoms with Crippen LogP contribution in [0.4, 0.5) is 5.82 Å². The molecule has 4 rings (SSSR count). The van der Waals surface area contributed by atoms with Crippen LogP contribution < -0.4 is 5.32 Å². The SMILES string of the molecule is CCc1ccc(C(=O)N(CC(=O)Nc2cc(C(C)(C)C)nn2-c2ccc(C)cc2)Cc2ccccc2)cc1. The molecule has 1 N–H and O–H groups in total. The van der Waals surface area contributed by atoms with Crippen molar-refractivity contribution in [2.45, 2.75) is 53.0 Å². The predicted octanol–water partition coefficient (Wildman–Crippen LogP) is 6.32. The first-order valence-corrected chi connectivity index (χ1v) is 13.0. The Kier molecular flexibility index (Phi) is 8.10. The summed E-state index contributed by atoms with van der Waals surface area (Å²) in [6, 6.07) is 27.2. The van der Waals surface area contributed by atoms with E-state index in [0.717, 1.165) is 34.5 Å². The number of nitrogens with one attached hydrogen (secondary N) is 1. The molecule has 1 aromatic heterocycles. The number of anilines is 1. The Labute approximate surface area is 225 Å². The lowest BCUT2D eigenvalue weighted by molar-refractivity contribution is -0.117. The maximum atomic E-state index is 13.5. The molecule has 0 bridgehead atoms. The lowest BCUT2D eigenvalue weighted by atomic mass is 9.92. The second kappa shape index (κ2) is 11.5. The van der Waals surface area contributed by atoms with Crippen molar-refractivity contribution in [3.8, 4) is 5.69 Å². The fourth-order valence-corrected chi connectivity index (χ4v) is 4.14. The zero-order valence-electron chi connectivity index (χ0n) is 22.9. The molecule has 0 saturated carbocycles. The van der Waals surface area contributed by atoms with E-state index >= 15 is 0 Å². The first kappa shape index (κ1) is 26.9. The molecule has 0 fully saturated rings. The number of rotatable bonds is 8. The van der Waals surface area contributed by atoms with Gasteiger partial charge in [-0.05, 0) is 48.7 Å². The van der Waals surface area contributed by atoms with Crippen molar-refractivity contribution in [1.82, 2.24) is 14.7 Å². The molecule has 0 aliphatic heterocycles. The van der Waals surface area contributed by atoms with Gasteiger partial charge < -0.3 is 10.2 Å². The number of carbonyl (C=O) groups is 2. The second-order valence-electron chi connectivity index (χ2n) is 10.7. The number of hydrogen-bond acceptors (Lipinski definition) is 3. The quantitative estimate of drug-likeness (QED) is 0.303. The maximum Gasteiger partial charge on any atom is 0.254 e. The average Bonchev–Trinajstić information content (AvgIpc) is 3.33. The number of nitrogens with zero attached hydrogens (tertiary/aromatic N) is 3. The molecule has 38 heavy (non-hydrogen) atoms. The Morgan fingerprint density at radius 3 is 2.16 bits per heavy atom. The number of aromatic nitrogens is 2. The van der Waals surface area contributed by atoms with E-state index < -0.39 is 0 Å². The Balaban J connectivity index is 1.61. The third kappa shape index (κ3) is 6.57. The summed E-state index contributed by atoms with van der Waals surface area (Å²) >= 11 is 0. The third-order valence-corrected chi connectivity index (χ3v) is 6.47. The molecule has 196 valence electrons. The maximum absolute atomic E-state index is 13.5. The Bertz CT molecular complexity index is 1380. The van der Waals surface area contributed by atoms with Crippen molar-refractivity contribution >= 4 is 17.6 Å². The van der Waals surface area contributed by atoms with Crippen LogP contribution in [0.25, 0.3) is 5.69 Å². The molecule has 3 aromatic carbocycles. The summed E-state index contributed by atoms with van der Waals surface area (Å²) in [5.41, 5.74) is 5.34. The van der Waals surface area contributed by atoms with Gasteiger partial charge in [0.2, 0.25) is 5.91 Å². The van der Waals surface area contributed by atoms with Gasteiger partial charge in [-0.2, -0.15) is 5.10 Å². The highest BCUT2D eigenvalue weighted by Gasteiger charge is 2.24. The van der Waals surface area contributed by atoms with Gasteiger partial charge in [0.15, 0.2) is 0 Å². The Hall–Kier alpha value is -4.19. The molecule has 0 aliphatic rings. The van der Waals surface area contributed by atoms with Crippen molar-refractivity contribution < 1.29 is 9.59 Å². The van der Waals surface area contributed by atoms with Crippen molar-refractivity contribution in [1.29, 1.82) is 0 Å². The van der Waals surface area contributed by atoms with Gasteiger partial charge >= 0.3 is 0 Å². The van der Waals surface area contributed by atoms with Gasteiger partial charge in [-0.25, -0.2) is 4.68 Å². The van der Waals surface area contributed by atoms with Crippen molar-refractivity contribution in [3.63, 3.8) is 0 Å². The minimum atomic E-state index is -0.284. The molecule has 2 amide bonds. The number of amides is 2. The smallest absolute Gasteiger partial charge is 0.254 e. The normalized spacial score (nSPS) is 11.3. The van der Waals surface area contributed by atoms with E-state index in [-0.39, 0.29) is 23.8 Å². The monoisotopic (exact) mass is 508 g/mol.